The van der Waals surface area contributed by atoms with Crippen LogP contribution in [0.5, 0.6) is 5.75 Å². The molecule has 5 nitrogen and oxygen atoms in total. The second-order valence-corrected chi connectivity index (χ2v) is 13.5. The third-order valence-electron chi connectivity index (χ3n) is 9.61. The van der Waals surface area contributed by atoms with Crippen molar-refractivity contribution in [1.82, 2.24) is 0 Å². The number of aliphatic hydroxyl groups is 1. The van der Waals surface area contributed by atoms with Gasteiger partial charge >= 0.3 is 5.97 Å². The number of esters is 1. The van der Waals surface area contributed by atoms with E-state index in [0.29, 0.717) is 54.7 Å². The predicted molar refractivity (Wildman–Crippen MR) is 146 cm³/mol. The van der Waals surface area contributed by atoms with Crippen molar-refractivity contribution in [2.45, 2.75) is 78.6 Å². The summed E-state index contributed by atoms with van der Waals surface area (Å²) in [5, 5.41) is 8.67. The topological polar surface area (TPSA) is 65.0 Å². The molecular formula is C30H46O5S. The molecule has 1 aromatic carbocycles. The van der Waals surface area contributed by atoms with Gasteiger partial charge in [-0.25, -0.2) is 0 Å². The molecule has 1 N–H and O–H groups in total. The van der Waals surface area contributed by atoms with E-state index in [2.05, 4.69) is 46.8 Å². The average Bonchev–Trinajstić information content (AvgIpc) is 3.11. The van der Waals surface area contributed by atoms with Crippen molar-refractivity contribution >= 4 is 17.7 Å². The zero-order valence-electron chi connectivity index (χ0n) is 23.0. The first-order valence-corrected chi connectivity index (χ1v) is 15.0. The second-order valence-electron chi connectivity index (χ2n) is 12.4. The number of aliphatic hydroxyl groups excluding tert-OH is 1. The number of carbonyl (C=O) groups excluding carboxylic acids is 1. The number of hydrogen-bond donors (Lipinski definition) is 1. The number of ether oxygens (including phenoxy) is 3. The lowest BCUT2D eigenvalue weighted by atomic mass is 9.43. The van der Waals surface area contributed by atoms with Gasteiger partial charge in [0.2, 0.25) is 0 Å². The number of aryl methyl sites for hydroxylation is 1. The Kier molecular flexibility index (Phi) is 8.81. The van der Waals surface area contributed by atoms with Gasteiger partial charge in [-0.05, 0) is 95.9 Å². The molecule has 0 saturated heterocycles. The summed E-state index contributed by atoms with van der Waals surface area (Å²) >= 11 is 1.53. The van der Waals surface area contributed by atoms with Crippen LogP contribution < -0.4 is 4.74 Å². The van der Waals surface area contributed by atoms with Gasteiger partial charge in [-0.15, -0.1) is 11.8 Å². The maximum Gasteiger partial charge on any atom is 0.321 e. The van der Waals surface area contributed by atoms with Gasteiger partial charge in [0.15, 0.2) is 0 Å². The first-order chi connectivity index (χ1) is 17.1. The highest BCUT2D eigenvalue weighted by Crippen LogP contribution is 2.67. The molecule has 202 valence electrons. The Labute approximate surface area is 222 Å². The quantitative estimate of drug-likeness (QED) is 0.230. The van der Waals surface area contributed by atoms with Gasteiger partial charge in [-0.3, -0.25) is 4.79 Å². The van der Waals surface area contributed by atoms with Crippen LogP contribution >= 0.6 is 11.8 Å². The molecule has 0 spiro atoms. The number of fused-ring (bicyclic) bond motifs is 5. The Morgan fingerprint density at radius 2 is 1.78 bits per heavy atom. The molecule has 36 heavy (non-hydrogen) atoms. The molecule has 0 heterocycles. The minimum absolute atomic E-state index is 0.0276. The van der Waals surface area contributed by atoms with Gasteiger partial charge < -0.3 is 19.3 Å². The molecule has 0 unspecified atom stereocenters. The highest BCUT2D eigenvalue weighted by Gasteiger charge is 2.61. The van der Waals surface area contributed by atoms with Crippen molar-refractivity contribution in [1.29, 1.82) is 0 Å². The summed E-state index contributed by atoms with van der Waals surface area (Å²) in [5.74, 6) is 2.99. The van der Waals surface area contributed by atoms with Gasteiger partial charge in [0.1, 0.15) is 5.75 Å². The first-order valence-electron chi connectivity index (χ1n) is 13.8. The van der Waals surface area contributed by atoms with Crippen LogP contribution in [0.2, 0.25) is 0 Å². The molecule has 1 aromatic rings. The summed E-state index contributed by atoms with van der Waals surface area (Å²) in [6.45, 7) is 14.2. The standard InChI is InChI=1S/C30H46O5S/c1-21-17-23(35-26(32)20-36-16-15-34-14-13-33-12-11-31)18-22-19-25-29(4)9-6-8-28(2,3)24(29)7-10-30(25,5)27(21)22/h17-18,24-25,31H,6-16,19-20H2,1-5H3/t24-,25+,29-,30-/m0/s1. The Morgan fingerprint density at radius 1 is 1.03 bits per heavy atom. The number of hydrogen-bond acceptors (Lipinski definition) is 6. The number of rotatable bonds is 11. The molecule has 2 saturated carbocycles. The monoisotopic (exact) mass is 518 g/mol. The van der Waals surface area contributed by atoms with Gasteiger partial charge in [-0.1, -0.05) is 34.1 Å². The van der Waals surface area contributed by atoms with Crippen molar-refractivity contribution in [2.75, 3.05) is 44.5 Å². The second kappa shape index (κ2) is 11.3. The molecule has 4 atom stereocenters. The van der Waals surface area contributed by atoms with E-state index in [9.17, 15) is 4.79 Å². The molecule has 0 aromatic heterocycles. The molecule has 3 aliphatic carbocycles. The molecule has 0 radical (unpaired) electrons. The predicted octanol–water partition coefficient (Wildman–Crippen LogP) is 5.72. The zero-order chi connectivity index (χ0) is 26.0. The highest BCUT2D eigenvalue weighted by molar-refractivity contribution is 7.99. The Morgan fingerprint density at radius 3 is 2.53 bits per heavy atom. The molecular weight excluding hydrogens is 472 g/mol. The van der Waals surface area contributed by atoms with Crippen LogP contribution in [0.1, 0.15) is 76.5 Å². The van der Waals surface area contributed by atoms with E-state index in [0.717, 1.165) is 18.1 Å². The van der Waals surface area contributed by atoms with Crippen molar-refractivity contribution < 1.29 is 24.1 Å². The van der Waals surface area contributed by atoms with Crippen LogP contribution in [0.15, 0.2) is 12.1 Å². The summed E-state index contributed by atoms with van der Waals surface area (Å²) in [5.41, 5.74) is 5.24. The first kappa shape index (κ1) is 27.9. The largest absolute Gasteiger partial charge is 0.426 e. The van der Waals surface area contributed by atoms with E-state index in [1.807, 2.05) is 0 Å². The van der Waals surface area contributed by atoms with Gasteiger partial charge in [-0.2, -0.15) is 0 Å². The summed E-state index contributed by atoms with van der Waals surface area (Å²) in [4.78, 5) is 12.5. The third kappa shape index (κ3) is 5.52. The molecule has 0 amide bonds. The Balaban J connectivity index is 1.35. The smallest absolute Gasteiger partial charge is 0.321 e. The molecule has 2 fully saturated rings. The SMILES string of the molecule is Cc1cc(OC(=O)CSCCOCCOCCO)cc2c1[C@@]1(C)CC[C@H]3C(C)(C)CCC[C@]3(C)[C@H]1C2. The molecule has 6 heteroatoms. The van der Waals surface area contributed by atoms with E-state index in [4.69, 9.17) is 19.3 Å². The van der Waals surface area contributed by atoms with Crippen molar-refractivity contribution in [3.8, 4) is 5.75 Å². The lowest BCUT2D eigenvalue weighted by molar-refractivity contribution is -0.131. The van der Waals surface area contributed by atoms with E-state index in [-0.39, 0.29) is 18.0 Å². The lowest BCUT2D eigenvalue weighted by Gasteiger charge is -2.61. The van der Waals surface area contributed by atoms with Crippen LogP contribution in [0.3, 0.4) is 0 Å². The fourth-order valence-electron chi connectivity index (χ4n) is 8.31. The number of thioether (sulfide) groups is 1. The summed E-state index contributed by atoms with van der Waals surface area (Å²) < 4.78 is 16.4. The zero-order valence-corrected chi connectivity index (χ0v) is 23.8. The minimum atomic E-state index is -0.201. The third-order valence-corrected chi connectivity index (χ3v) is 10.5. The van der Waals surface area contributed by atoms with Crippen LogP contribution in [0, 0.1) is 29.6 Å². The maximum atomic E-state index is 12.5. The Bertz CT molecular complexity index is 930. The minimum Gasteiger partial charge on any atom is -0.426 e. The van der Waals surface area contributed by atoms with Crippen LogP contribution in [-0.2, 0) is 26.1 Å². The number of benzene rings is 1. The molecule has 4 rings (SSSR count). The van der Waals surface area contributed by atoms with Crippen LogP contribution in [-0.4, -0.2) is 55.6 Å². The highest BCUT2D eigenvalue weighted by atomic mass is 32.2. The van der Waals surface area contributed by atoms with E-state index in [1.54, 1.807) is 0 Å². The lowest BCUT2D eigenvalue weighted by Crippen LogP contribution is -2.55. The van der Waals surface area contributed by atoms with E-state index in [1.165, 1.54) is 60.6 Å². The van der Waals surface area contributed by atoms with E-state index < -0.39 is 0 Å². The summed E-state index contributed by atoms with van der Waals surface area (Å²) in [6, 6.07) is 4.25. The molecule has 0 bridgehead atoms. The van der Waals surface area contributed by atoms with Gasteiger partial charge in [0.05, 0.1) is 38.8 Å². The van der Waals surface area contributed by atoms with Gasteiger partial charge in [0, 0.05) is 5.75 Å². The van der Waals surface area contributed by atoms with Crippen LogP contribution in [0.25, 0.3) is 0 Å². The Hall–Kier alpha value is -1.08. The summed E-state index contributed by atoms with van der Waals surface area (Å²) in [6.07, 6.45) is 7.72. The van der Waals surface area contributed by atoms with Crippen LogP contribution in [0.4, 0.5) is 0 Å². The molecule has 0 aliphatic heterocycles. The van der Waals surface area contributed by atoms with E-state index >= 15 is 0 Å². The van der Waals surface area contributed by atoms with Crippen molar-refractivity contribution in [3.63, 3.8) is 0 Å². The maximum absolute atomic E-state index is 12.5. The molecule has 3 aliphatic rings. The summed E-state index contributed by atoms with van der Waals surface area (Å²) in [7, 11) is 0. The van der Waals surface area contributed by atoms with Crippen molar-refractivity contribution in [2.24, 2.45) is 22.7 Å². The normalized spacial score (nSPS) is 30.4. The average molecular weight is 519 g/mol. The fraction of sp³-hybridized carbons (Fsp3) is 0.767. The fourth-order valence-corrected chi connectivity index (χ4v) is 8.92. The number of carbonyl (C=O) groups is 1. The van der Waals surface area contributed by atoms with Crippen molar-refractivity contribution in [3.05, 3.63) is 28.8 Å². The van der Waals surface area contributed by atoms with Gasteiger partial charge in [0.25, 0.3) is 0 Å².